The molecule has 0 rings (SSSR count). The van der Waals surface area contributed by atoms with E-state index in [4.69, 9.17) is 15.2 Å². The fourth-order valence-electron chi connectivity index (χ4n) is 1.29. The summed E-state index contributed by atoms with van der Waals surface area (Å²) in [4.78, 5) is 2.18. The van der Waals surface area contributed by atoms with Gasteiger partial charge < -0.3 is 20.1 Å². The van der Waals surface area contributed by atoms with Crippen molar-refractivity contribution < 1.29 is 9.47 Å². The molecule has 1 unspecified atom stereocenters. The number of nitrogens with zero attached hydrogens (tertiary/aromatic N) is 1. The van der Waals surface area contributed by atoms with Crippen LogP contribution in [0.4, 0.5) is 0 Å². The highest BCUT2D eigenvalue weighted by Gasteiger charge is 2.12. The fourth-order valence-corrected chi connectivity index (χ4v) is 1.29. The van der Waals surface area contributed by atoms with Gasteiger partial charge in [0.25, 0.3) is 0 Å². The SMILES string of the molecule is COC(CN(C)CCC(N)C(C)C)OC. The lowest BCUT2D eigenvalue weighted by atomic mass is 10.0. The van der Waals surface area contributed by atoms with E-state index in [0.29, 0.717) is 5.92 Å². The highest BCUT2D eigenvalue weighted by Crippen LogP contribution is 2.04. The average Bonchev–Trinajstić information content (AvgIpc) is 2.22. The van der Waals surface area contributed by atoms with Crippen LogP contribution in [-0.4, -0.2) is 51.6 Å². The molecule has 0 heterocycles. The first-order chi connectivity index (χ1) is 7.01. The molecule has 0 saturated carbocycles. The maximum Gasteiger partial charge on any atom is 0.169 e. The van der Waals surface area contributed by atoms with E-state index in [-0.39, 0.29) is 12.3 Å². The van der Waals surface area contributed by atoms with Gasteiger partial charge in [0.05, 0.1) is 0 Å². The Labute approximate surface area is 93.7 Å². The summed E-state index contributed by atoms with van der Waals surface area (Å²) >= 11 is 0. The van der Waals surface area contributed by atoms with Crippen molar-refractivity contribution in [1.29, 1.82) is 0 Å². The molecule has 0 radical (unpaired) electrons. The molecule has 0 aromatic rings. The molecule has 4 heteroatoms. The molecular weight excluding hydrogens is 192 g/mol. The normalized spacial score (nSPS) is 14.2. The van der Waals surface area contributed by atoms with Gasteiger partial charge >= 0.3 is 0 Å². The number of hydrogen-bond acceptors (Lipinski definition) is 4. The molecule has 1 atom stereocenters. The van der Waals surface area contributed by atoms with E-state index in [0.717, 1.165) is 19.5 Å². The van der Waals surface area contributed by atoms with Crippen molar-refractivity contribution in [3.05, 3.63) is 0 Å². The molecule has 0 bridgehead atoms. The summed E-state index contributed by atoms with van der Waals surface area (Å²) in [5.41, 5.74) is 5.97. The Bertz CT molecular complexity index is 150. The third-order valence-corrected chi connectivity index (χ3v) is 2.69. The van der Waals surface area contributed by atoms with Gasteiger partial charge in [-0.25, -0.2) is 0 Å². The summed E-state index contributed by atoms with van der Waals surface area (Å²) in [6.07, 6.45) is 0.860. The molecule has 0 fully saturated rings. The van der Waals surface area contributed by atoms with Gasteiger partial charge in [0, 0.05) is 26.8 Å². The molecule has 0 aliphatic heterocycles. The molecule has 2 N–H and O–H groups in total. The number of likely N-dealkylation sites (N-methyl/N-ethyl adjacent to an activating group) is 1. The topological polar surface area (TPSA) is 47.7 Å². The van der Waals surface area contributed by atoms with Gasteiger partial charge in [0.15, 0.2) is 6.29 Å². The minimum absolute atomic E-state index is 0.148. The quantitative estimate of drug-likeness (QED) is 0.615. The first-order valence-electron chi connectivity index (χ1n) is 5.51. The van der Waals surface area contributed by atoms with Gasteiger partial charge in [-0.05, 0) is 25.9 Å². The molecule has 0 aromatic carbocycles. The first-order valence-corrected chi connectivity index (χ1v) is 5.51. The van der Waals surface area contributed by atoms with Crippen molar-refractivity contribution in [3.63, 3.8) is 0 Å². The van der Waals surface area contributed by atoms with Crippen LogP contribution in [0.5, 0.6) is 0 Å². The molecule has 0 amide bonds. The third-order valence-electron chi connectivity index (χ3n) is 2.69. The summed E-state index contributed by atoms with van der Waals surface area (Å²) in [7, 11) is 5.36. The molecule has 0 saturated heterocycles. The number of hydrogen-bond donors (Lipinski definition) is 1. The van der Waals surface area contributed by atoms with Gasteiger partial charge in [-0.1, -0.05) is 13.8 Å². The largest absolute Gasteiger partial charge is 0.355 e. The van der Waals surface area contributed by atoms with E-state index < -0.39 is 0 Å². The van der Waals surface area contributed by atoms with Crippen molar-refractivity contribution in [2.75, 3.05) is 34.4 Å². The van der Waals surface area contributed by atoms with Crippen LogP contribution in [-0.2, 0) is 9.47 Å². The average molecular weight is 218 g/mol. The van der Waals surface area contributed by atoms with E-state index in [1.165, 1.54) is 0 Å². The predicted octanol–water partition coefficient (Wildman–Crippen LogP) is 0.911. The van der Waals surface area contributed by atoms with Gasteiger partial charge in [-0.3, -0.25) is 0 Å². The number of rotatable bonds is 8. The van der Waals surface area contributed by atoms with Crippen LogP contribution < -0.4 is 5.73 Å². The zero-order valence-electron chi connectivity index (χ0n) is 10.7. The number of nitrogens with two attached hydrogens (primary N) is 1. The molecule has 0 aliphatic carbocycles. The van der Waals surface area contributed by atoms with E-state index in [1.54, 1.807) is 14.2 Å². The molecule has 0 spiro atoms. The zero-order valence-corrected chi connectivity index (χ0v) is 10.7. The van der Waals surface area contributed by atoms with Crippen molar-refractivity contribution in [2.45, 2.75) is 32.6 Å². The number of ether oxygens (including phenoxy) is 2. The van der Waals surface area contributed by atoms with Crippen molar-refractivity contribution in [3.8, 4) is 0 Å². The maximum atomic E-state index is 5.97. The maximum absolute atomic E-state index is 5.97. The van der Waals surface area contributed by atoms with Crippen LogP contribution in [0.15, 0.2) is 0 Å². The van der Waals surface area contributed by atoms with E-state index in [9.17, 15) is 0 Å². The second-order valence-electron chi connectivity index (χ2n) is 4.36. The van der Waals surface area contributed by atoms with Crippen LogP contribution in [0.3, 0.4) is 0 Å². The van der Waals surface area contributed by atoms with Crippen LogP contribution in [0.2, 0.25) is 0 Å². The summed E-state index contributed by atoms with van der Waals surface area (Å²) in [5.74, 6) is 0.541. The highest BCUT2D eigenvalue weighted by atomic mass is 16.7. The second-order valence-corrected chi connectivity index (χ2v) is 4.36. The van der Waals surface area contributed by atoms with Crippen LogP contribution in [0.1, 0.15) is 20.3 Å². The Morgan fingerprint density at radius 2 is 1.73 bits per heavy atom. The standard InChI is InChI=1S/C11H26N2O2/c1-9(2)10(12)6-7-13(3)8-11(14-4)15-5/h9-11H,6-8,12H2,1-5H3. The smallest absolute Gasteiger partial charge is 0.169 e. The molecule has 15 heavy (non-hydrogen) atoms. The summed E-state index contributed by atoms with van der Waals surface area (Å²) < 4.78 is 10.3. The van der Waals surface area contributed by atoms with Crippen LogP contribution in [0.25, 0.3) is 0 Å². The highest BCUT2D eigenvalue weighted by molar-refractivity contribution is 4.67. The van der Waals surface area contributed by atoms with E-state index in [2.05, 4.69) is 25.8 Å². The molecule has 0 aliphatic rings. The molecule has 92 valence electrons. The lowest BCUT2D eigenvalue weighted by Gasteiger charge is -2.24. The summed E-state index contributed by atoms with van der Waals surface area (Å²) in [6.45, 7) is 6.05. The van der Waals surface area contributed by atoms with Crippen molar-refractivity contribution >= 4 is 0 Å². The van der Waals surface area contributed by atoms with Crippen molar-refractivity contribution in [1.82, 2.24) is 4.90 Å². The van der Waals surface area contributed by atoms with Gasteiger partial charge in [0.2, 0.25) is 0 Å². The predicted molar refractivity (Wildman–Crippen MR) is 62.7 cm³/mol. The molecule has 4 nitrogen and oxygen atoms in total. The van der Waals surface area contributed by atoms with Crippen LogP contribution >= 0.6 is 0 Å². The lowest BCUT2D eigenvalue weighted by molar-refractivity contribution is -0.113. The summed E-state index contributed by atoms with van der Waals surface area (Å²) in [5, 5.41) is 0. The monoisotopic (exact) mass is 218 g/mol. The van der Waals surface area contributed by atoms with E-state index >= 15 is 0 Å². The Morgan fingerprint density at radius 1 is 1.20 bits per heavy atom. The van der Waals surface area contributed by atoms with Crippen molar-refractivity contribution in [2.24, 2.45) is 11.7 Å². The minimum atomic E-state index is -0.148. The van der Waals surface area contributed by atoms with Gasteiger partial charge in [-0.2, -0.15) is 0 Å². The van der Waals surface area contributed by atoms with Crippen LogP contribution in [0, 0.1) is 5.92 Å². The summed E-state index contributed by atoms with van der Waals surface area (Å²) in [6, 6.07) is 0.274. The zero-order chi connectivity index (χ0) is 11.8. The Morgan fingerprint density at radius 3 is 2.13 bits per heavy atom. The van der Waals surface area contributed by atoms with E-state index in [1.807, 2.05) is 0 Å². The Balaban J connectivity index is 3.69. The molecular formula is C11H26N2O2. The number of methoxy groups -OCH3 is 2. The first kappa shape index (κ1) is 14.8. The second kappa shape index (κ2) is 8.05. The van der Waals surface area contributed by atoms with Gasteiger partial charge in [-0.15, -0.1) is 0 Å². The molecule has 0 aromatic heterocycles. The fraction of sp³-hybridized carbons (Fsp3) is 1.00. The van der Waals surface area contributed by atoms with Gasteiger partial charge in [0.1, 0.15) is 0 Å². The Kier molecular flexibility index (Phi) is 7.96. The lowest BCUT2D eigenvalue weighted by Crippen LogP contribution is -2.36. The minimum Gasteiger partial charge on any atom is -0.355 e. The third kappa shape index (κ3) is 6.84. The Hall–Kier alpha value is -0.160.